The molecule has 2 N–H and O–H groups in total. The third-order valence-corrected chi connectivity index (χ3v) is 5.42. The average molecular weight is 359 g/mol. The van der Waals surface area contributed by atoms with Crippen LogP contribution in [0.1, 0.15) is 28.5 Å². The van der Waals surface area contributed by atoms with E-state index in [9.17, 15) is 5.11 Å². The summed E-state index contributed by atoms with van der Waals surface area (Å²) in [7, 11) is 0. The van der Waals surface area contributed by atoms with Gasteiger partial charge in [0.2, 0.25) is 0 Å². The highest BCUT2D eigenvalue weighted by Gasteiger charge is 2.34. The topological polar surface area (TPSA) is 50.7 Å². The molecule has 2 aliphatic rings. The van der Waals surface area contributed by atoms with Gasteiger partial charge in [-0.1, -0.05) is 42.5 Å². The summed E-state index contributed by atoms with van der Waals surface area (Å²) in [6.45, 7) is 2.08. The van der Waals surface area contributed by atoms with Crippen LogP contribution < -0.4 is 14.8 Å². The zero-order valence-electron chi connectivity index (χ0n) is 14.9. The fourth-order valence-electron chi connectivity index (χ4n) is 4.15. The van der Waals surface area contributed by atoms with Crippen LogP contribution in [0.15, 0.2) is 66.7 Å². The number of hydrogen-bond donors (Lipinski definition) is 2. The van der Waals surface area contributed by atoms with E-state index in [4.69, 9.17) is 9.47 Å². The number of anilines is 1. The molecule has 2 heterocycles. The van der Waals surface area contributed by atoms with Gasteiger partial charge < -0.3 is 19.9 Å². The number of ether oxygens (including phenoxy) is 2. The Bertz CT molecular complexity index is 971. The molecule has 0 saturated heterocycles. The van der Waals surface area contributed by atoms with Gasteiger partial charge in [-0.15, -0.1) is 0 Å². The Hall–Kier alpha value is -3.14. The van der Waals surface area contributed by atoms with Crippen LogP contribution in [0.25, 0.3) is 0 Å². The third kappa shape index (κ3) is 2.87. The van der Waals surface area contributed by atoms with Gasteiger partial charge in [-0.3, -0.25) is 0 Å². The van der Waals surface area contributed by atoms with Crippen LogP contribution >= 0.6 is 0 Å². The maximum absolute atomic E-state index is 9.88. The largest absolute Gasteiger partial charge is 0.508 e. The number of aromatic hydroxyl groups is 1. The molecule has 0 bridgehead atoms. The molecule has 3 aromatic carbocycles. The van der Waals surface area contributed by atoms with Gasteiger partial charge in [0.15, 0.2) is 0 Å². The van der Waals surface area contributed by atoms with Crippen molar-refractivity contribution in [2.75, 3.05) is 25.1 Å². The van der Waals surface area contributed by atoms with E-state index >= 15 is 0 Å². The zero-order chi connectivity index (χ0) is 18.2. The fraction of sp³-hybridized carbons (Fsp3) is 0.217. The molecule has 0 fully saturated rings. The molecule has 0 radical (unpaired) electrons. The number of rotatable bonds is 2. The minimum atomic E-state index is 0.144. The second-order valence-corrected chi connectivity index (χ2v) is 7.06. The maximum Gasteiger partial charge on any atom is 0.142 e. The number of hydrogen-bond acceptors (Lipinski definition) is 4. The van der Waals surface area contributed by atoms with Crippen molar-refractivity contribution in [3.63, 3.8) is 0 Å². The van der Waals surface area contributed by atoms with Gasteiger partial charge in [0, 0.05) is 30.0 Å². The monoisotopic (exact) mass is 359 g/mol. The standard InChI is InChI=1S/C23H21NO3/c25-17-7-8-18-22(13-17)27-14-19(15-4-2-1-3-5-15)23(18)16-6-9-21-20(12-16)24-10-11-26-21/h1-9,12-13,19,23-25H,10-11,14H2/t19-,23+/m1/s1. The Morgan fingerprint density at radius 2 is 1.74 bits per heavy atom. The van der Waals surface area contributed by atoms with E-state index in [1.54, 1.807) is 12.1 Å². The number of phenolic OH excluding ortho intramolecular Hbond substituents is 1. The first kappa shape index (κ1) is 16.1. The minimum absolute atomic E-state index is 0.144. The van der Waals surface area contributed by atoms with Gasteiger partial charge in [-0.25, -0.2) is 0 Å². The summed E-state index contributed by atoms with van der Waals surface area (Å²) in [5.41, 5.74) is 4.61. The molecule has 0 saturated carbocycles. The van der Waals surface area contributed by atoms with Gasteiger partial charge in [0.1, 0.15) is 23.9 Å². The van der Waals surface area contributed by atoms with Gasteiger partial charge in [-0.05, 0) is 29.3 Å². The molecule has 0 aromatic heterocycles. The first-order chi connectivity index (χ1) is 13.3. The SMILES string of the molecule is Oc1ccc2c(c1)OC[C@H](c1ccccc1)[C@H]2c1ccc2c(c1)NCCO2. The van der Waals surface area contributed by atoms with Crippen molar-refractivity contribution < 1.29 is 14.6 Å². The van der Waals surface area contributed by atoms with Crippen LogP contribution in [-0.2, 0) is 0 Å². The molecule has 136 valence electrons. The lowest BCUT2D eigenvalue weighted by atomic mass is 9.75. The average Bonchev–Trinajstić information content (AvgIpc) is 2.73. The fourth-order valence-corrected chi connectivity index (χ4v) is 4.15. The van der Waals surface area contributed by atoms with Crippen molar-refractivity contribution in [1.29, 1.82) is 0 Å². The van der Waals surface area contributed by atoms with E-state index in [1.807, 2.05) is 12.1 Å². The smallest absolute Gasteiger partial charge is 0.142 e. The van der Waals surface area contributed by atoms with E-state index in [1.165, 1.54) is 11.1 Å². The molecule has 5 rings (SSSR count). The summed E-state index contributed by atoms with van der Waals surface area (Å²) >= 11 is 0. The number of fused-ring (bicyclic) bond motifs is 2. The van der Waals surface area contributed by atoms with Crippen molar-refractivity contribution in [2.24, 2.45) is 0 Å². The van der Waals surface area contributed by atoms with Crippen molar-refractivity contribution >= 4 is 5.69 Å². The summed E-state index contributed by atoms with van der Waals surface area (Å²) in [5.74, 6) is 2.23. The highest BCUT2D eigenvalue weighted by atomic mass is 16.5. The minimum Gasteiger partial charge on any atom is -0.508 e. The van der Waals surface area contributed by atoms with Crippen molar-refractivity contribution in [2.45, 2.75) is 11.8 Å². The Balaban J connectivity index is 1.65. The molecule has 4 nitrogen and oxygen atoms in total. The Morgan fingerprint density at radius 1 is 0.852 bits per heavy atom. The quantitative estimate of drug-likeness (QED) is 0.707. The van der Waals surface area contributed by atoms with Gasteiger partial charge >= 0.3 is 0 Å². The molecule has 2 aliphatic heterocycles. The molecule has 2 atom stereocenters. The van der Waals surface area contributed by atoms with E-state index in [0.29, 0.717) is 13.2 Å². The molecular weight excluding hydrogens is 338 g/mol. The summed E-state index contributed by atoms with van der Waals surface area (Å²) in [4.78, 5) is 0. The Labute approximate surface area is 158 Å². The number of nitrogens with one attached hydrogen (secondary N) is 1. The summed E-state index contributed by atoms with van der Waals surface area (Å²) in [5, 5.41) is 13.3. The van der Waals surface area contributed by atoms with E-state index in [0.717, 1.165) is 29.3 Å². The Kier molecular flexibility index (Phi) is 3.89. The molecule has 0 spiro atoms. The first-order valence-electron chi connectivity index (χ1n) is 9.31. The molecule has 0 aliphatic carbocycles. The summed E-state index contributed by atoms with van der Waals surface area (Å²) in [6.07, 6.45) is 0. The van der Waals surface area contributed by atoms with Crippen molar-refractivity contribution in [3.05, 3.63) is 83.4 Å². The van der Waals surface area contributed by atoms with Crippen LogP contribution in [0.3, 0.4) is 0 Å². The van der Waals surface area contributed by atoms with Gasteiger partial charge in [0.25, 0.3) is 0 Å². The normalized spacial score (nSPS) is 20.4. The lowest BCUT2D eigenvalue weighted by molar-refractivity contribution is 0.247. The summed E-state index contributed by atoms with van der Waals surface area (Å²) < 4.78 is 11.8. The predicted molar refractivity (Wildman–Crippen MR) is 105 cm³/mol. The lowest BCUT2D eigenvalue weighted by Crippen LogP contribution is -2.25. The molecule has 4 heteroatoms. The molecular formula is C23H21NO3. The number of benzene rings is 3. The molecule has 0 unspecified atom stereocenters. The van der Waals surface area contributed by atoms with Crippen molar-refractivity contribution in [1.82, 2.24) is 0 Å². The first-order valence-corrected chi connectivity index (χ1v) is 9.31. The van der Waals surface area contributed by atoms with Crippen molar-refractivity contribution in [3.8, 4) is 17.2 Å². The molecule has 27 heavy (non-hydrogen) atoms. The summed E-state index contributed by atoms with van der Waals surface area (Å²) in [6, 6.07) is 22.3. The molecule has 3 aromatic rings. The van der Waals surface area contributed by atoms with Gasteiger partial charge in [0.05, 0.1) is 12.3 Å². The predicted octanol–water partition coefficient (Wildman–Crippen LogP) is 4.50. The van der Waals surface area contributed by atoms with E-state index in [-0.39, 0.29) is 17.6 Å². The van der Waals surface area contributed by atoms with Gasteiger partial charge in [-0.2, -0.15) is 0 Å². The second-order valence-electron chi connectivity index (χ2n) is 7.06. The highest BCUT2D eigenvalue weighted by molar-refractivity contribution is 5.62. The lowest BCUT2D eigenvalue weighted by Gasteiger charge is -2.35. The molecule has 0 amide bonds. The van der Waals surface area contributed by atoms with Crippen LogP contribution in [0, 0.1) is 0 Å². The highest BCUT2D eigenvalue weighted by Crippen LogP contribution is 2.48. The van der Waals surface area contributed by atoms with E-state index in [2.05, 4.69) is 47.8 Å². The zero-order valence-corrected chi connectivity index (χ0v) is 14.9. The van der Waals surface area contributed by atoms with Crippen LogP contribution in [0.2, 0.25) is 0 Å². The van der Waals surface area contributed by atoms with Crippen LogP contribution in [0.5, 0.6) is 17.2 Å². The number of phenols is 1. The third-order valence-electron chi connectivity index (χ3n) is 5.42. The maximum atomic E-state index is 9.88. The van der Waals surface area contributed by atoms with Crippen LogP contribution in [0.4, 0.5) is 5.69 Å². The van der Waals surface area contributed by atoms with E-state index < -0.39 is 0 Å². The van der Waals surface area contributed by atoms with Crippen LogP contribution in [-0.4, -0.2) is 24.9 Å². The Morgan fingerprint density at radius 3 is 2.63 bits per heavy atom. The second kappa shape index (κ2) is 6.54.